The lowest BCUT2D eigenvalue weighted by Crippen LogP contribution is -2.32. The van der Waals surface area contributed by atoms with Gasteiger partial charge < -0.3 is 15.2 Å². The Morgan fingerprint density at radius 1 is 1.56 bits per heavy atom. The van der Waals surface area contributed by atoms with E-state index in [1.165, 1.54) is 7.11 Å². The van der Waals surface area contributed by atoms with Crippen molar-refractivity contribution in [2.24, 2.45) is 0 Å². The molecule has 5 heteroatoms. The van der Waals surface area contributed by atoms with Crippen molar-refractivity contribution < 1.29 is 14.6 Å². The molecule has 2 N–H and O–H groups in total. The van der Waals surface area contributed by atoms with Gasteiger partial charge in [-0.25, -0.2) is 9.78 Å². The highest BCUT2D eigenvalue weighted by Crippen LogP contribution is 2.14. The summed E-state index contributed by atoms with van der Waals surface area (Å²) in [6.45, 7) is 5.83. The molecule has 1 rings (SSSR count). The number of pyridine rings is 1. The second kappa shape index (κ2) is 5.82. The predicted octanol–water partition coefficient (Wildman–Crippen LogP) is 1.75. The highest BCUT2D eigenvalue weighted by molar-refractivity contribution is 5.90. The Morgan fingerprint density at radius 3 is 2.72 bits per heavy atom. The molecule has 1 aromatic heterocycles. The van der Waals surface area contributed by atoms with Crippen LogP contribution in [0.5, 0.6) is 0 Å². The van der Waals surface area contributed by atoms with E-state index in [0.717, 1.165) is 0 Å². The van der Waals surface area contributed by atoms with Crippen LogP contribution in [0, 0.1) is 6.92 Å². The molecule has 0 bridgehead atoms. The monoisotopic (exact) mass is 252 g/mol. The minimum Gasteiger partial charge on any atom is -0.465 e. The molecule has 0 aromatic carbocycles. The van der Waals surface area contributed by atoms with Crippen LogP contribution in [0.3, 0.4) is 0 Å². The van der Waals surface area contributed by atoms with Crippen LogP contribution in [0.4, 0.5) is 5.82 Å². The highest BCUT2D eigenvalue weighted by atomic mass is 16.5. The first kappa shape index (κ1) is 14.4. The Bertz CT molecular complexity index is 430. The van der Waals surface area contributed by atoms with Crippen LogP contribution in [0.2, 0.25) is 0 Å². The van der Waals surface area contributed by atoms with Gasteiger partial charge in [0.25, 0.3) is 0 Å². The summed E-state index contributed by atoms with van der Waals surface area (Å²) in [5.74, 6) is 0.237. The third-order valence-corrected chi connectivity index (χ3v) is 2.90. The minimum atomic E-state index is -0.767. The number of anilines is 1. The van der Waals surface area contributed by atoms with E-state index in [4.69, 9.17) is 0 Å². The Labute approximate surface area is 107 Å². The summed E-state index contributed by atoms with van der Waals surface area (Å²) in [5.41, 5.74) is 0.282. The molecule has 5 nitrogen and oxygen atoms in total. The maximum atomic E-state index is 11.4. The summed E-state index contributed by atoms with van der Waals surface area (Å²) >= 11 is 0. The molecule has 0 spiro atoms. The summed E-state index contributed by atoms with van der Waals surface area (Å²) < 4.78 is 4.65. The second-order valence-corrected chi connectivity index (χ2v) is 4.53. The number of rotatable bonds is 5. The van der Waals surface area contributed by atoms with E-state index in [2.05, 4.69) is 15.0 Å². The maximum absolute atomic E-state index is 11.4. The molecule has 1 aromatic rings. The number of ether oxygens (including phenoxy) is 1. The molecular formula is C13H20N2O3. The van der Waals surface area contributed by atoms with Crippen molar-refractivity contribution in [1.82, 2.24) is 4.98 Å². The molecule has 18 heavy (non-hydrogen) atoms. The first-order chi connectivity index (χ1) is 8.39. The van der Waals surface area contributed by atoms with Gasteiger partial charge in [-0.15, -0.1) is 0 Å². The van der Waals surface area contributed by atoms with Gasteiger partial charge in [-0.3, -0.25) is 0 Å². The zero-order valence-corrected chi connectivity index (χ0v) is 11.3. The van der Waals surface area contributed by atoms with Crippen molar-refractivity contribution in [3.05, 3.63) is 23.4 Å². The van der Waals surface area contributed by atoms with Gasteiger partial charge in [-0.2, -0.15) is 0 Å². The van der Waals surface area contributed by atoms with Gasteiger partial charge in [0.05, 0.1) is 24.0 Å². The van der Waals surface area contributed by atoms with Crippen LogP contribution in [0.1, 0.15) is 36.3 Å². The third kappa shape index (κ3) is 3.70. The number of hydrogen-bond donors (Lipinski definition) is 2. The lowest BCUT2D eigenvalue weighted by Gasteiger charge is -2.22. The lowest BCUT2D eigenvalue weighted by molar-refractivity contribution is 0.0598. The first-order valence-electron chi connectivity index (χ1n) is 5.92. The van der Waals surface area contributed by atoms with Crippen LogP contribution in [0.25, 0.3) is 0 Å². The molecule has 1 unspecified atom stereocenters. The van der Waals surface area contributed by atoms with Crippen LogP contribution in [-0.4, -0.2) is 35.3 Å². The fourth-order valence-electron chi connectivity index (χ4n) is 1.39. The van der Waals surface area contributed by atoms with Crippen LogP contribution in [0.15, 0.2) is 12.1 Å². The fourth-order valence-corrected chi connectivity index (χ4v) is 1.39. The summed E-state index contributed by atoms with van der Waals surface area (Å²) in [7, 11) is 1.34. The van der Waals surface area contributed by atoms with Gasteiger partial charge in [0.2, 0.25) is 0 Å². The standard InChI is InChI=1S/C13H20N2O3/c1-5-13(3,17)8-14-11-7-6-10(9(2)15-11)12(16)18-4/h6-7,17H,5,8H2,1-4H3,(H,14,15). The van der Waals surface area contributed by atoms with E-state index in [1.54, 1.807) is 26.0 Å². The molecule has 0 fully saturated rings. The fraction of sp³-hybridized carbons (Fsp3) is 0.538. The number of aryl methyl sites for hydroxylation is 1. The topological polar surface area (TPSA) is 71.5 Å². The number of hydrogen-bond acceptors (Lipinski definition) is 5. The molecule has 1 heterocycles. The van der Waals surface area contributed by atoms with Crippen LogP contribution < -0.4 is 5.32 Å². The van der Waals surface area contributed by atoms with Crippen LogP contribution in [-0.2, 0) is 4.74 Å². The summed E-state index contributed by atoms with van der Waals surface area (Å²) in [5, 5.41) is 12.9. The highest BCUT2D eigenvalue weighted by Gasteiger charge is 2.17. The average molecular weight is 252 g/mol. The van der Waals surface area contributed by atoms with Gasteiger partial charge in [-0.05, 0) is 32.4 Å². The summed E-state index contributed by atoms with van der Waals surface area (Å²) in [6.07, 6.45) is 0.652. The molecule has 100 valence electrons. The number of carbonyl (C=O) groups is 1. The Hall–Kier alpha value is -1.62. The van der Waals surface area contributed by atoms with Crippen molar-refractivity contribution in [3.8, 4) is 0 Å². The average Bonchev–Trinajstić information content (AvgIpc) is 2.36. The summed E-state index contributed by atoms with van der Waals surface area (Å²) in [4.78, 5) is 15.6. The Kier molecular flexibility index (Phi) is 4.67. The third-order valence-electron chi connectivity index (χ3n) is 2.90. The molecule has 0 aliphatic rings. The van der Waals surface area contributed by atoms with Crippen molar-refractivity contribution >= 4 is 11.8 Å². The number of nitrogens with zero attached hydrogens (tertiary/aromatic N) is 1. The van der Waals surface area contributed by atoms with Crippen LogP contribution >= 0.6 is 0 Å². The van der Waals surface area contributed by atoms with Crippen molar-refractivity contribution in [2.45, 2.75) is 32.8 Å². The molecule has 0 aliphatic carbocycles. The van der Waals surface area contributed by atoms with E-state index in [-0.39, 0.29) is 0 Å². The van der Waals surface area contributed by atoms with E-state index < -0.39 is 11.6 Å². The van der Waals surface area contributed by atoms with Crippen molar-refractivity contribution in [1.29, 1.82) is 0 Å². The van der Waals surface area contributed by atoms with Crippen molar-refractivity contribution in [3.63, 3.8) is 0 Å². The largest absolute Gasteiger partial charge is 0.465 e. The first-order valence-corrected chi connectivity index (χ1v) is 5.92. The zero-order chi connectivity index (χ0) is 13.8. The Balaban J connectivity index is 2.76. The zero-order valence-electron chi connectivity index (χ0n) is 11.3. The molecule has 0 saturated carbocycles. The molecule has 0 amide bonds. The number of aromatic nitrogens is 1. The lowest BCUT2D eigenvalue weighted by atomic mass is 10.0. The maximum Gasteiger partial charge on any atom is 0.339 e. The molecular weight excluding hydrogens is 232 g/mol. The number of aliphatic hydroxyl groups is 1. The quantitative estimate of drug-likeness (QED) is 0.781. The van der Waals surface area contributed by atoms with E-state index in [1.807, 2.05) is 6.92 Å². The molecule has 1 atom stereocenters. The minimum absolute atomic E-state index is 0.396. The number of carbonyl (C=O) groups excluding carboxylic acids is 1. The number of nitrogens with one attached hydrogen (secondary N) is 1. The van der Waals surface area contributed by atoms with E-state index in [0.29, 0.717) is 30.0 Å². The smallest absolute Gasteiger partial charge is 0.339 e. The van der Waals surface area contributed by atoms with E-state index >= 15 is 0 Å². The molecule has 0 aliphatic heterocycles. The summed E-state index contributed by atoms with van der Waals surface area (Å²) in [6, 6.07) is 3.36. The SMILES string of the molecule is CCC(C)(O)CNc1ccc(C(=O)OC)c(C)n1. The van der Waals surface area contributed by atoms with Crippen molar-refractivity contribution in [2.75, 3.05) is 19.0 Å². The number of methoxy groups -OCH3 is 1. The normalized spacial score (nSPS) is 13.8. The van der Waals surface area contributed by atoms with Gasteiger partial charge in [0, 0.05) is 6.54 Å². The Morgan fingerprint density at radius 2 is 2.22 bits per heavy atom. The van der Waals surface area contributed by atoms with Gasteiger partial charge >= 0.3 is 5.97 Å². The second-order valence-electron chi connectivity index (χ2n) is 4.53. The van der Waals surface area contributed by atoms with E-state index in [9.17, 15) is 9.90 Å². The predicted molar refractivity (Wildman–Crippen MR) is 69.7 cm³/mol. The molecule has 0 radical (unpaired) electrons. The van der Waals surface area contributed by atoms with Gasteiger partial charge in [0.1, 0.15) is 5.82 Å². The molecule has 0 saturated heterocycles. The van der Waals surface area contributed by atoms with Gasteiger partial charge in [0.15, 0.2) is 0 Å². The van der Waals surface area contributed by atoms with Gasteiger partial charge in [-0.1, -0.05) is 6.92 Å². The number of esters is 1.